The monoisotopic (exact) mass is 250 g/mol. The molecule has 0 radical (unpaired) electrons. The van der Waals surface area contributed by atoms with Gasteiger partial charge in [0.15, 0.2) is 0 Å². The molecule has 0 saturated heterocycles. The van der Waals surface area contributed by atoms with E-state index in [2.05, 4.69) is 11.6 Å². The van der Waals surface area contributed by atoms with Crippen LogP contribution in [0.4, 0.5) is 5.82 Å². The molecule has 2 aromatic heterocycles. The predicted octanol–water partition coefficient (Wildman–Crippen LogP) is 0.325. The fourth-order valence-electron chi connectivity index (χ4n) is 1.45. The van der Waals surface area contributed by atoms with Crippen LogP contribution < -0.4 is 17.0 Å². The van der Waals surface area contributed by atoms with Crippen LogP contribution in [0.3, 0.4) is 0 Å². The van der Waals surface area contributed by atoms with Gasteiger partial charge in [0.1, 0.15) is 10.6 Å². The molecule has 0 fully saturated rings. The van der Waals surface area contributed by atoms with Gasteiger partial charge in [-0.1, -0.05) is 6.08 Å². The molecule has 1 amide bonds. The zero-order chi connectivity index (χ0) is 12.6. The van der Waals surface area contributed by atoms with E-state index < -0.39 is 5.91 Å². The van der Waals surface area contributed by atoms with Crippen molar-refractivity contribution in [1.29, 1.82) is 0 Å². The number of fused-ring (bicyclic) bond motifs is 1. The van der Waals surface area contributed by atoms with Gasteiger partial charge in [-0.3, -0.25) is 13.5 Å². The van der Waals surface area contributed by atoms with Gasteiger partial charge in [-0.2, -0.15) is 0 Å². The van der Waals surface area contributed by atoms with Gasteiger partial charge in [0.2, 0.25) is 0 Å². The maximum Gasteiger partial charge on any atom is 0.270 e. The van der Waals surface area contributed by atoms with E-state index in [9.17, 15) is 9.59 Å². The number of amides is 1. The van der Waals surface area contributed by atoms with Gasteiger partial charge in [-0.15, -0.1) is 6.58 Å². The summed E-state index contributed by atoms with van der Waals surface area (Å²) >= 11 is 1.17. The highest BCUT2D eigenvalue weighted by Gasteiger charge is 2.14. The number of hydrogen-bond donors (Lipinski definition) is 2. The highest BCUT2D eigenvalue weighted by molar-refractivity contribution is 7.13. The van der Waals surface area contributed by atoms with Gasteiger partial charge in [-0.05, 0) is 17.6 Å². The average Bonchev–Trinajstić information content (AvgIpc) is 2.55. The van der Waals surface area contributed by atoms with Crippen LogP contribution in [0, 0.1) is 0 Å². The lowest BCUT2D eigenvalue weighted by molar-refractivity contribution is 0.100. The molecule has 4 N–H and O–H groups in total. The molecule has 0 saturated carbocycles. The fourth-order valence-corrected chi connectivity index (χ4v) is 2.40. The Bertz CT molecular complexity index is 671. The average molecular weight is 250 g/mol. The summed E-state index contributed by atoms with van der Waals surface area (Å²) in [6, 6.07) is 1.39. The second-order valence-electron chi connectivity index (χ2n) is 3.38. The summed E-state index contributed by atoms with van der Waals surface area (Å²) < 4.78 is 1.48. The van der Waals surface area contributed by atoms with Crippen molar-refractivity contribution in [3.8, 4) is 0 Å². The van der Waals surface area contributed by atoms with Crippen LogP contribution in [0.5, 0.6) is 0 Å². The smallest absolute Gasteiger partial charge is 0.270 e. The molecule has 0 bridgehead atoms. The van der Waals surface area contributed by atoms with Crippen LogP contribution >= 0.6 is 11.5 Å². The van der Waals surface area contributed by atoms with Crippen molar-refractivity contribution in [2.45, 2.75) is 6.54 Å². The van der Waals surface area contributed by atoms with Crippen molar-refractivity contribution in [3.63, 3.8) is 0 Å². The minimum atomic E-state index is -0.697. The number of allylic oxidation sites excluding steroid dienone is 1. The molecule has 17 heavy (non-hydrogen) atoms. The van der Waals surface area contributed by atoms with Crippen molar-refractivity contribution in [3.05, 3.63) is 34.6 Å². The van der Waals surface area contributed by atoms with Gasteiger partial charge in [-0.25, -0.2) is 4.98 Å². The van der Waals surface area contributed by atoms with Crippen molar-refractivity contribution in [2.24, 2.45) is 5.73 Å². The van der Waals surface area contributed by atoms with Crippen LogP contribution in [0.15, 0.2) is 23.5 Å². The predicted molar refractivity (Wildman–Crippen MR) is 67.0 cm³/mol. The minimum Gasteiger partial charge on any atom is -0.383 e. The number of primary amides is 1. The maximum atomic E-state index is 11.9. The first-order valence-electron chi connectivity index (χ1n) is 4.75. The molecule has 0 aliphatic carbocycles. The lowest BCUT2D eigenvalue weighted by atomic mass is 10.2. The number of nitrogens with zero attached hydrogens (tertiary/aromatic N) is 2. The number of nitrogen functional groups attached to an aromatic ring is 1. The van der Waals surface area contributed by atoms with E-state index in [0.29, 0.717) is 16.8 Å². The normalized spacial score (nSPS) is 10.6. The number of rotatable bonds is 3. The van der Waals surface area contributed by atoms with Gasteiger partial charge < -0.3 is 11.5 Å². The Morgan fingerprint density at radius 1 is 1.65 bits per heavy atom. The van der Waals surface area contributed by atoms with Gasteiger partial charge in [0.05, 0.1) is 17.5 Å². The largest absolute Gasteiger partial charge is 0.383 e. The first-order chi connectivity index (χ1) is 8.04. The topological polar surface area (TPSA) is 104 Å². The summed E-state index contributed by atoms with van der Waals surface area (Å²) in [4.78, 5) is 27.5. The summed E-state index contributed by atoms with van der Waals surface area (Å²) in [5.41, 5.74) is 10.6. The number of aromatic nitrogens is 2. The lowest BCUT2D eigenvalue weighted by Gasteiger charge is -1.98. The molecule has 2 aromatic rings. The molecule has 7 heteroatoms. The highest BCUT2D eigenvalue weighted by atomic mass is 32.1. The number of hydrogen-bond acceptors (Lipinski definition) is 5. The number of anilines is 1. The molecule has 0 aliphatic heterocycles. The van der Waals surface area contributed by atoms with Gasteiger partial charge >= 0.3 is 0 Å². The Labute approximate surface area is 100 Å². The van der Waals surface area contributed by atoms with E-state index in [1.54, 1.807) is 6.08 Å². The molecule has 88 valence electrons. The van der Waals surface area contributed by atoms with E-state index in [4.69, 9.17) is 11.5 Å². The summed E-state index contributed by atoms with van der Waals surface area (Å²) in [7, 11) is 0. The Morgan fingerprint density at radius 3 is 2.94 bits per heavy atom. The standard InChI is InChI=1S/C10H10N4O2S/c1-2-3-14-10(16)6-4-5(8(12)15)7(11)13-9(6)17-14/h2,4H,1,3H2,(H2,11,13)(H2,12,15). The van der Waals surface area contributed by atoms with E-state index in [0.717, 1.165) is 0 Å². The van der Waals surface area contributed by atoms with Gasteiger partial charge in [0, 0.05) is 0 Å². The van der Waals surface area contributed by atoms with Crippen molar-refractivity contribution >= 4 is 33.5 Å². The quantitative estimate of drug-likeness (QED) is 0.765. The van der Waals surface area contributed by atoms with E-state index in [1.807, 2.05) is 0 Å². The molecule has 2 rings (SSSR count). The molecule has 0 aromatic carbocycles. The number of pyridine rings is 1. The SMILES string of the molecule is C=CCn1sc2nc(N)c(C(N)=O)cc2c1=O. The van der Waals surface area contributed by atoms with E-state index >= 15 is 0 Å². The molecular formula is C10H10N4O2S. The summed E-state index contributed by atoms with van der Waals surface area (Å²) in [5.74, 6) is -0.658. The molecule has 0 aliphatic rings. The third-order valence-electron chi connectivity index (χ3n) is 2.23. The number of carbonyl (C=O) groups is 1. The third kappa shape index (κ3) is 1.80. The third-order valence-corrected chi connectivity index (χ3v) is 3.25. The Kier molecular flexibility index (Phi) is 2.68. The van der Waals surface area contributed by atoms with Crippen LogP contribution in [0.1, 0.15) is 10.4 Å². The lowest BCUT2D eigenvalue weighted by Crippen LogP contribution is -2.16. The first-order valence-corrected chi connectivity index (χ1v) is 5.53. The summed E-state index contributed by atoms with van der Waals surface area (Å²) in [6.45, 7) is 3.95. The zero-order valence-corrected chi connectivity index (χ0v) is 9.66. The number of nitrogens with two attached hydrogens (primary N) is 2. The van der Waals surface area contributed by atoms with Crippen LogP contribution in [0.25, 0.3) is 10.2 Å². The second kappa shape index (κ2) is 4.02. The molecular weight excluding hydrogens is 240 g/mol. The fraction of sp³-hybridized carbons (Fsp3) is 0.100. The molecule has 6 nitrogen and oxygen atoms in total. The molecule has 0 atom stereocenters. The van der Waals surface area contributed by atoms with Gasteiger partial charge in [0.25, 0.3) is 11.5 Å². The Morgan fingerprint density at radius 2 is 2.35 bits per heavy atom. The zero-order valence-electron chi connectivity index (χ0n) is 8.84. The maximum absolute atomic E-state index is 11.9. The Hall–Kier alpha value is -2.15. The second-order valence-corrected chi connectivity index (χ2v) is 4.39. The van der Waals surface area contributed by atoms with Crippen molar-refractivity contribution in [2.75, 3.05) is 5.73 Å². The van der Waals surface area contributed by atoms with Crippen molar-refractivity contribution < 1.29 is 4.79 Å². The van der Waals surface area contributed by atoms with Crippen molar-refractivity contribution in [1.82, 2.24) is 8.94 Å². The van der Waals surface area contributed by atoms with Crippen LogP contribution in [-0.2, 0) is 6.54 Å². The van der Waals surface area contributed by atoms with Crippen LogP contribution in [-0.4, -0.2) is 14.8 Å². The first kappa shape index (κ1) is 11.3. The highest BCUT2D eigenvalue weighted by Crippen LogP contribution is 2.19. The molecule has 2 heterocycles. The molecule has 0 spiro atoms. The summed E-state index contributed by atoms with van der Waals surface area (Å²) in [6.07, 6.45) is 1.61. The van der Waals surface area contributed by atoms with Crippen LogP contribution in [0.2, 0.25) is 0 Å². The van der Waals surface area contributed by atoms with E-state index in [-0.39, 0.29) is 16.9 Å². The number of carbonyl (C=O) groups excluding carboxylic acids is 1. The van der Waals surface area contributed by atoms with E-state index in [1.165, 1.54) is 21.6 Å². The minimum absolute atomic E-state index is 0.0389. The summed E-state index contributed by atoms with van der Waals surface area (Å²) in [5, 5.41) is 0.347. The Balaban J connectivity index is 2.76. The molecule has 0 unspecified atom stereocenters.